The first-order valence-electron chi connectivity index (χ1n) is 8.32. The van der Waals surface area contributed by atoms with Gasteiger partial charge in [0.05, 0.1) is 7.11 Å². The first kappa shape index (κ1) is 19.1. The Morgan fingerprint density at radius 3 is 2.88 bits per heavy atom. The van der Waals surface area contributed by atoms with Crippen molar-refractivity contribution in [3.8, 4) is 11.5 Å². The molecule has 1 aromatic rings. The van der Waals surface area contributed by atoms with Gasteiger partial charge in [-0.1, -0.05) is 12.1 Å². The van der Waals surface area contributed by atoms with Crippen molar-refractivity contribution < 1.29 is 14.6 Å². The second-order valence-corrected chi connectivity index (χ2v) is 7.01. The van der Waals surface area contributed by atoms with E-state index in [2.05, 4.69) is 16.8 Å². The molecule has 0 aliphatic carbocycles. The highest BCUT2D eigenvalue weighted by Crippen LogP contribution is 2.28. The van der Waals surface area contributed by atoms with Crippen molar-refractivity contribution in [3.63, 3.8) is 0 Å². The number of β-amino-alcohol motifs (C(OH)–C–C–N with tert-alkyl or cyclic N) is 1. The van der Waals surface area contributed by atoms with E-state index in [1.54, 1.807) is 7.11 Å². The van der Waals surface area contributed by atoms with Crippen LogP contribution in [0.5, 0.6) is 11.5 Å². The number of benzene rings is 1. The van der Waals surface area contributed by atoms with E-state index in [0.29, 0.717) is 18.0 Å². The highest BCUT2D eigenvalue weighted by molar-refractivity contribution is 7.99. The van der Waals surface area contributed by atoms with Gasteiger partial charge in [-0.25, -0.2) is 0 Å². The van der Waals surface area contributed by atoms with Gasteiger partial charge < -0.3 is 19.9 Å². The molecule has 6 heteroatoms. The smallest absolute Gasteiger partial charge is 0.161 e. The van der Waals surface area contributed by atoms with Crippen LogP contribution in [-0.4, -0.2) is 67.5 Å². The van der Waals surface area contributed by atoms with Crippen LogP contribution in [0.4, 0.5) is 0 Å². The summed E-state index contributed by atoms with van der Waals surface area (Å²) in [5.41, 5.74) is 1.12. The standard InChI is InChI=1S/C18H28N2O3S/c1-3-6-19-12-15-4-5-17(18(11-15)22-2)23-14-16(21)13-20-7-9-24-10-8-20/h3-5,11,16,19,21H,1,6-10,12-14H2,2H3. The average molecular weight is 353 g/mol. The van der Waals surface area contributed by atoms with E-state index in [0.717, 1.165) is 43.2 Å². The molecule has 0 radical (unpaired) electrons. The maximum Gasteiger partial charge on any atom is 0.161 e. The summed E-state index contributed by atoms with van der Waals surface area (Å²) in [6.45, 7) is 8.21. The Bertz CT molecular complexity index is 507. The van der Waals surface area contributed by atoms with Crippen LogP contribution in [0.15, 0.2) is 30.9 Å². The maximum absolute atomic E-state index is 10.2. The quantitative estimate of drug-likeness (QED) is 0.494. The van der Waals surface area contributed by atoms with Gasteiger partial charge >= 0.3 is 0 Å². The van der Waals surface area contributed by atoms with Crippen molar-refractivity contribution in [2.24, 2.45) is 0 Å². The highest BCUT2D eigenvalue weighted by Gasteiger charge is 2.16. The van der Waals surface area contributed by atoms with Crippen LogP contribution >= 0.6 is 11.8 Å². The Morgan fingerprint density at radius 2 is 2.17 bits per heavy atom. The molecule has 1 heterocycles. The Morgan fingerprint density at radius 1 is 1.38 bits per heavy atom. The number of nitrogens with one attached hydrogen (secondary N) is 1. The third-order valence-electron chi connectivity index (χ3n) is 3.85. The van der Waals surface area contributed by atoms with Gasteiger partial charge in [0.1, 0.15) is 12.7 Å². The zero-order chi connectivity index (χ0) is 17.2. The van der Waals surface area contributed by atoms with E-state index < -0.39 is 6.10 Å². The SMILES string of the molecule is C=CCNCc1ccc(OCC(O)CN2CCSCC2)c(OC)c1. The lowest BCUT2D eigenvalue weighted by Gasteiger charge is -2.28. The molecule has 1 unspecified atom stereocenters. The largest absolute Gasteiger partial charge is 0.493 e. The van der Waals surface area contributed by atoms with Crippen molar-refractivity contribution in [1.29, 1.82) is 0 Å². The number of hydrogen-bond donors (Lipinski definition) is 2. The van der Waals surface area contributed by atoms with Gasteiger partial charge in [0.15, 0.2) is 11.5 Å². The molecule has 1 aliphatic rings. The van der Waals surface area contributed by atoms with Crippen LogP contribution < -0.4 is 14.8 Å². The number of nitrogens with zero attached hydrogens (tertiary/aromatic N) is 1. The summed E-state index contributed by atoms with van der Waals surface area (Å²) >= 11 is 1.97. The fourth-order valence-corrected chi connectivity index (χ4v) is 3.56. The molecule has 1 atom stereocenters. The summed E-state index contributed by atoms with van der Waals surface area (Å²) in [6, 6.07) is 5.86. The van der Waals surface area contributed by atoms with Gasteiger partial charge in [0.25, 0.3) is 0 Å². The third-order valence-corrected chi connectivity index (χ3v) is 4.79. The fraction of sp³-hybridized carbons (Fsp3) is 0.556. The molecule has 0 spiro atoms. The van der Waals surface area contributed by atoms with Gasteiger partial charge in [0.2, 0.25) is 0 Å². The molecule has 5 nitrogen and oxygen atoms in total. The fourth-order valence-electron chi connectivity index (χ4n) is 2.58. The number of rotatable bonds is 10. The number of aliphatic hydroxyl groups is 1. The predicted octanol–water partition coefficient (Wildman–Crippen LogP) is 1.76. The third kappa shape index (κ3) is 6.36. The van der Waals surface area contributed by atoms with Crippen LogP contribution in [0.3, 0.4) is 0 Å². The van der Waals surface area contributed by atoms with E-state index in [1.807, 2.05) is 36.0 Å². The predicted molar refractivity (Wildman–Crippen MR) is 100 cm³/mol. The van der Waals surface area contributed by atoms with E-state index in [1.165, 1.54) is 0 Å². The van der Waals surface area contributed by atoms with Gasteiger partial charge in [-0.2, -0.15) is 11.8 Å². The Balaban J connectivity index is 1.82. The lowest BCUT2D eigenvalue weighted by molar-refractivity contribution is 0.0705. The molecule has 1 saturated heterocycles. The molecular formula is C18H28N2O3S. The lowest BCUT2D eigenvalue weighted by Crippen LogP contribution is -2.40. The number of thioether (sulfide) groups is 1. The van der Waals surface area contributed by atoms with E-state index in [-0.39, 0.29) is 6.61 Å². The number of hydrogen-bond acceptors (Lipinski definition) is 6. The molecule has 0 bridgehead atoms. The molecule has 0 saturated carbocycles. The molecular weight excluding hydrogens is 324 g/mol. The van der Waals surface area contributed by atoms with Crippen molar-refractivity contribution in [2.45, 2.75) is 12.6 Å². The summed E-state index contributed by atoms with van der Waals surface area (Å²) in [4.78, 5) is 2.29. The van der Waals surface area contributed by atoms with Crippen LogP contribution in [0.1, 0.15) is 5.56 Å². The van der Waals surface area contributed by atoms with Crippen molar-refractivity contribution in [3.05, 3.63) is 36.4 Å². The van der Waals surface area contributed by atoms with Crippen molar-refractivity contribution >= 4 is 11.8 Å². The Labute approximate surface area is 149 Å². The van der Waals surface area contributed by atoms with Crippen LogP contribution in [0.2, 0.25) is 0 Å². The molecule has 0 amide bonds. The minimum atomic E-state index is -0.494. The van der Waals surface area contributed by atoms with Gasteiger partial charge in [-0.3, -0.25) is 4.90 Å². The van der Waals surface area contributed by atoms with E-state index in [9.17, 15) is 5.11 Å². The average Bonchev–Trinajstić information content (AvgIpc) is 2.61. The summed E-state index contributed by atoms with van der Waals surface area (Å²) in [6.07, 6.45) is 1.34. The normalized spacial score (nSPS) is 16.6. The van der Waals surface area contributed by atoms with Crippen LogP contribution in [-0.2, 0) is 6.54 Å². The first-order chi connectivity index (χ1) is 11.7. The molecule has 1 aliphatic heterocycles. The van der Waals surface area contributed by atoms with Crippen molar-refractivity contribution in [2.75, 3.05) is 51.4 Å². The minimum absolute atomic E-state index is 0.272. The monoisotopic (exact) mass is 352 g/mol. The van der Waals surface area contributed by atoms with Crippen molar-refractivity contribution in [1.82, 2.24) is 10.2 Å². The summed E-state index contributed by atoms with van der Waals surface area (Å²) in [7, 11) is 1.63. The van der Waals surface area contributed by atoms with Crippen LogP contribution in [0, 0.1) is 0 Å². The zero-order valence-electron chi connectivity index (χ0n) is 14.4. The van der Waals surface area contributed by atoms with E-state index >= 15 is 0 Å². The van der Waals surface area contributed by atoms with Gasteiger partial charge in [-0.05, 0) is 17.7 Å². The summed E-state index contributed by atoms with van der Waals surface area (Å²) < 4.78 is 11.2. The number of methoxy groups -OCH3 is 1. The highest BCUT2D eigenvalue weighted by atomic mass is 32.2. The summed E-state index contributed by atoms with van der Waals surface area (Å²) in [5, 5.41) is 13.4. The molecule has 24 heavy (non-hydrogen) atoms. The lowest BCUT2D eigenvalue weighted by atomic mass is 10.2. The molecule has 0 aromatic heterocycles. The Hall–Kier alpha value is -1.21. The zero-order valence-corrected chi connectivity index (χ0v) is 15.2. The minimum Gasteiger partial charge on any atom is -0.493 e. The first-order valence-corrected chi connectivity index (χ1v) is 9.48. The topological polar surface area (TPSA) is 54.0 Å². The molecule has 1 aromatic carbocycles. The number of aliphatic hydroxyl groups excluding tert-OH is 1. The Kier molecular flexibility index (Phi) is 8.45. The molecule has 134 valence electrons. The van der Waals surface area contributed by atoms with Gasteiger partial charge in [-0.15, -0.1) is 6.58 Å². The maximum atomic E-state index is 10.2. The second kappa shape index (κ2) is 10.6. The van der Waals surface area contributed by atoms with E-state index in [4.69, 9.17) is 9.47 Å². The molecule has 1 fully saturated rings. The molecule has 2 rings (SSSR count). The summed E-state index contributed by atoms with van der Waals surface area (Å²) in [5.74, 6) is 3.64. The van der Waals surface area contributed by atoms with Crippen LogP contribution in [0.25, 0.3) is 0 Å². The second-order valence-electron chi connectivity index (χ2n) is 5.78. The number of ether oxygens (including phenoxy) is 2. The van der Waals surface area contributed by atoms with Gasteiger partial charge in [0, 0.05) is 44.2 Å². The molecule has 2 N–H and O–H groups in total.